The Balaban J connectivity index is 1.90. The average Bonchev–Trinajstić information content (AvgIpc) is 3.12. The van der Waals surface area contributed by atoms with Crippen molar-refractivity contribution in [2.75, 3.05) is 7.11 Å². The molecule has 8 heteroatoms. The van der Waals surface area contributed by atoms with Crippen LogP contribution in [0.2, 0.25) is 0 Å². The second kappa shape index (κ2) is 7.82. The SMILES string of the molecule is COc1ccc2c(c1)cc(-c1cc(F)ccc1F)n2Cc1cccc(C(N)=NO)n1. The van der Waals surface area contributed by atoms with Crippen LogP contribution in [0.4, 0.5) is 8.78 Å². The van der Waals surface area contributed by atoms with Gasteiger partial charge in [-0.05, 0) is 54.6 Å². The van der Waals surface area contributed by atoms with Crippen molar-refractivity contribution in [1.29, 1.82) is 0 Å². The number of aromatic nitrogens is 2. The number of nitrogens with two attached hydrogens (primary N) is 1. The zero-order valence-electron chi connectivity index (χ0n) is 16.0. The summed E-state index contributed by atoms with van der Waals surface area (Å²) in [6.07, 6.45) is 0. The summed E-state index contributed by atoms with van der Waals surface area (Å²) in [5, 5.41) is 12.7. The summed E-state index contributed by atoms with van der Waals surface area (Å²) < 4.78 is 35.6. The summed E-state index contributed by atoms with van der Waals surface area (Å²) in [7, 11) is 1.56. The van der Waals surface area contributed by atoms with Gasteiger partial charge in [0.25, 0.3) is 0 Å². The molecule has 0 unspecified atom stereocenters. The average molecular weight is 408 g/mol. The van der Waals surface area contributed by atoms with Crippen LogP contribution >= 0.6 is 0 Å². The second-order valence-corrected chi connectivity index (χ2v) is 6.66. The molecule has 2 aromatic carbocycles. The fourth-order valence-electron chi connectivity index (χ4n) is 3.39. The van der Waals surface area contributed by atoms with Gasteiger partial charge in [0.1, 0.15) is 23.1 Å². The maximum atomic E-state index is 14.6. The Morgan fingerprint density at radius 1 is 1.13 bits per heavy atom. The first-order chi connectivity index (χ1) is 14.5. The number of methoxy groups -OCH3 is 1. The van der Waals surface area contributed by atoms with Gasteiger partial charge in [-0.3, -0.25) is 0 Å². The first-order valence-corrected chi connectivity index (χ1v) is 9.06. The van der Waals surface area contributed by atoms with Gasteiger partial charge in [-0.25, -0.2) is 13.8 Å². The third-order valence-corrected chi connectivity index (χ3v) is 4.81. The van der Waals surface area contributed by atoms with E-state index in [9.17, 15) is 8.78 Å². The lowest BCUT2D eigenvalue weighted by molar-refractivity contribution is 0.318. The molecule has 0 aliphatic heterocycles. The second-order valence-electron chi connectivity index (χ2n) is 6.66. The zero-order valence-corrected chi connectivity index (χ0v) is 16.0. The van der Waals surface area contributed by atoms with Gasteiger partial charge in [0, 0.05) is 16.5 Å². The number of hydrogen-bond acceptors (Lipinski definition) is 4. The molecule has 6 nitrogen and oxygen atoms in total. The number of ether oxygens (including phenoxy) is 1. The van der Waals surface area contributed by atoms with E-state index in [1.807, 2.05) is 16.7 Å². The van der Waals surface area contributed by atoms with E-state index >= 15 is 0 Å². The lowest BCUT2D eigenvalue weighted by Crippen LogP contribution is -2.16. The van der Waals surface area contributed by atoms with Gasteiger partial charge in [0.05, 0.1) is 25.0 Å². The molecule has 0 atom stereocenters. The van der Waals surface area contributed by atoms with Gasteiger partial charge >= 0.3 is 0 Å². The molecule has 0 radical (unpaired) electrons. The minimum absolute atomic E-state index is 0.115. The van der Waals surface area contributed by atoms with E-state index in [0.29, 0.717) is 22.8 Å². The van der Waals surface area contributed by atoms with Crippen molar-refractivity contribution in [2.24, 2.45) is 10.9 Å². The van der Waals surface area contributed by atoms with Crippen molar-refractivity contribution in [3.8, 4) is 17.0 Å². The van der Waals surface area contributed by atoms with Crippen LogP contribution in [0.25, 0.3) is 22.2 Å². The van der Waals surface area contributed by atoms with Crippen molar-refractivity contribution < 1.29 is 18.7 Å². The van der Waals surface area contributed by atoms with E-state index in [-0.39, 0.29) is 17.9 Å². The highest BCUT2D eigenvalue weighted by Gasteiger charge is 2.16. The predicted octanol–water partition coefficient (Wildman–Crippen LogP) is 4.13. The van der Waals surface area contributed by atoms with E-state index < -0.39 is 11.6 Å². The van der Waals surface area contributed by atoms with Gasteiger partial charge in [-0.15, -0.1) is 0 Å². The Morgan fingerprint density at radius 2 is 1.97 bits per heavy atom. The highest BCUT2D eigenvalue weighted by atomic mass is 19.1. The summed E-state index contributed by atoms with van der Waals surface area (Å²) in [6.45, 7) is 0.258. The molecule has 4 aromatic rings. The highest BCUT2D eigenvalue weighted by molar-refractivity contribution is 5.95. The number of halogens is 2. The number of nitrogens with zero attached hydrogens (tertiary/aromatic N) is 3. The fourth-order valence-corrected chi connectivity index (χ4v) is 3.39. The Morgan fingerprint density at radius 3 is 2.73 bits per heavy atom. The first kappa shape index (κ1) is 19.4. The van der Waals surface area contributed by atoms with Crippen LogP contribution in [0.1, 0.15) is 11.4 Å². The third-order valence-electron chi connectivity index (χ3n) is 4.81. The summed E-state index contributed by atoms with van der Waals surface area (Å²) in [4.78, 5) is 4.40. The van der Waals surface area contributed by atoms with Gasteiger partial charge in [0.15, 0.2) is 5.84 Å². The molecule has 0 amide bonds. The van der Waals surface area contributed by atoms with Crippen LogP contribution in [0, 0.1) is 11.6 Å². The van der Waals surface area contributed by atoms with Crippen LogP contribution in [0.5, 0.6) is 5.75 Å². The van der Waals surface area contributed by atoms with Crippen LogP contribution in [0.3, 0.4) is 0 Å². The van der Waals surface area contributed by atoms with Crippen LogP contribution < -0.4 is 10.5 Å². The molecule has 152 valence electrons. The van der Waals surface area contributed by atoms with Crippen molar-refractivity contribution >= 4 is 16.7 Å². The molecular formula is C22H18F2N4O2. The summed E-state index contributed by atoms with van der Waals surface area (Å²) in [6, 6.07) is 15.7. The quantitative estimate of drug-likeness (QED) is 0.225. The monoisotopic (exact) mass is 408 g/mol. The molecular weight excluding hydrogens is 390 g/mol. The molecule has 3 N–H and O–H groups in total. The minimum Gasteiger partial charge on any atom is -0.497 e. The minimum atomic E-state index is -0.536. The predicted molar refractivity (Wildman–Crippen MR) is 110 cm³/mol. The molecule has 0 fully saturated rings. The van der Waals surface area contributed by atoms with Crippen molar-refractivity contribution in [1.82, 2.24) is 9.55 Å². The number of benzene rings is 2. The Kier molecular flexibility index (Phi) is 5.05. The molecule has 0 aliphatic rings. The molecule has 0 aliphatic carbocycles. The topological polar surface area (TPSA) is 85.7 Å². The third kappa shape index (κ3) is 3.55. The number of fused-ring (bicyclic) bond motifs is 1. The maximum absolute atomic E-state index is 14.6. The molecule has 0 spiro atoms. The Hall–Kier alpha value is -3.94. The molecule has 30 heavy (non-hydrogen) atoms. The number of hydrogen-bond donors (Lipinski definition) is 2. The van der Waals surface area contributed by atoms with Crippen molar-refractivity contribution in [3.63, 3.8) is 0 Å². The lowest BCUT2D eigenvalue weighted by Gasteiger charge is -2.12. The van der Waals surface area contributed by atoms with E-state index in [1.165, 1.54) is 0 Å². The van der Waals surface area contributed by atoms with Gasteiger partial charge in [-0.1, -0.05) is 11.2 Å². The number of amidine groups is 1. The number of oxime groups is 1. The first-order valence-electron chi connectivity index (χ1n) is 9.06. The van der Waals surface area contributed by atoms with E-state index in [0.717, 1.165) is 29.1 Å². The van der Waals surface area contributed by atoms with Crippen LogP contribution in [0.15, 0.2) is 65.8 Å². The zero-order chi connectivity index (χ0) is 21.3. The van der Waals surface area contributed by atoms with Gasteiger partial charge < -0.3 is 20.2 Å². The summed E-state index contributed by atoms with van der Waals surface area (Å²) in [5.74, 6) is -0.535. The van der Waals surface area contributed by atoms with Gasteiger partial charge in [0.2, 0.25) is 0 Å². The molecule has 0 bridgehead atoms. The number of rotatable bonds is 5. The normalized spacial score (nSPS) is 11.8. The van der Waals surface area contributed by atoms with Gasteiger partial charge in [-0.2, -0.15) is 0 Å². The molecule has 0 saturated heterocycles. The van der Waals surface area contributed by atoms with Crippen molar-refractivity contribution in [2.45, 2.75) is 6.54 Å². The standard InChI is InChI=1S/C22H18F2N4O2/c1-30-16-6-8-20-13(9-16)10-21(17-11-14(23)5-7-18(17)24)28(20)12-15-3-2-4-19(26-15)22(25)27-29/h2-11,29H,12H2,1H3,(H2,25,27). The summed E-state index contributed by atoms with van der Waals surface area (Å²) >= 11 is 0. The molecule has 2 aromatic heterocycles. The maximum Gasteiger partial charge on any atom is 0.188 e. The van der Waals surface area contributed by atoms with E-state index in [1.54, 1.807) is 37.4 Å². The van der Waals surface area contributed by atoms with Crippen LogP contribution in [-0.4, -0.2) is 27.7 Å². The molecule has 2 heterocycles. The van der Waals surface area contributed by atoms with E-state index in [4.69, 9.17) is 15.7 Å². The Bertz CT molecular complexity index is 1270. The molecule has 0 saturated carbocycles. The highest BCUT2D eigenvalue weighted by Crippen LogP contribution is 2.33. The number of pyridine rings is 1. The smallest absolute Gasteiger partial charge is 0.188 e. The molecule has 4 rings (SSSR count). The lowest BCUT2D eigenvalue weighted by atomic mass is 10.1. The van der Waals surface area contributed by atoms with Crippen LogP contribution in [-0.2, 0) is 6.54 Å². The largest absolute Gasteiger partial charge is 0.497 e. The Labute approximate surface area is 170 Å². The van der Waals surface area contributed by atoms with Crippen molar-refractivity contribution in [3.05, 3.63) is 83.7 Å². The summed E-state index contributed by atoms with van der Waals surface area (Å²) in [5.41, 5.74) is 7.98. The fraction of sp³-hybridized carbons (Fsp3) is 0.0909. The van der Waals surface area contributed by atoms with E-state index in [2.05, 4.69) is 10.1 Å².